The minimum Gasteiger partial charge on any atom is -0.497 e. The fourth-order valence-electron chi connectivity index (χ4n) is 5.54. The molecule has 1 atom stereocenters. The van der Waals surface area contributed by atoms with Crippen LogP contribution in [0.2, 0.25) is 0 Å². The molecule has 1 saturated heterocycles. The molecule has 2 aromatic carbocycles. The fraction of sp³-hybridized carbons (Fsp3) is 0.407. The Morgan fingerprint density at radius 2 is 1.94 bits per heavy atom. The Labute approximate surface area is 205 Å². The SMILES string of the molecule is COc1ccc2[nH]c3c(c2c1)CCN(C(=O)CNC(C)=O)C31CCN(CCOc2ccccc2)C1. The largest absolute Gasteiger partial charge is 0.497 e. The van der Waals surface area contributed by atoms with Crippen LogP contribution in [0.15, 0.2) is 48.5 Å². The van der Waals surface area contributed by atoms with Gasteiger partial charge in [-0.25, -0.2) is 0 Å². The zero-order chi connectivity index (χ0) is 24.4. The van der Waals surface area contributed by atoms with E-state index in [-0.39, 0.29) is 18.4 Å². The van der Waals surface area contributed by atoms with Crippen molar-refractivity contribution in [2.24, 2.45) is 0 Å². The van der Waals surface area contributed by atoms with Gasteiger partial charge in [0.1, 0.15) is 18.1 Å². The quantitative estimate of drug-likeness (QED) is 0.548. The molecular weight excluding hydrogens is 444 g/mol. The lowest BCUT2D eigenvalue weighted by Crippen LogP contribution is -2.57. The number of methoxy groups -OCH3 is 1. The van der Waals surface area contributed by atoms with Gasteiger partial charge in [-0.15, -0.1) is 0 Å². The molecule has 184 valence electrons. The molecule has 0 aliphatic carbocycles. The van der Waals surface area contributed by atoms with Crippen LogP contribution in [0.4, 0.5) is 0 Å². The van der Waals surface area contributed by atoms with Crippen LogP contribution >= 0.6 is 0 Å². The van der Waals surface area contributed by atoms with Crippen molar-refractivity contribution in [1.29, 1.82) is 0 Å². The molecule has 2 aliphatic rings. The summed E-state index contributed by atoms with van der Waals surface area (Å²) >= 11 is 0. The molecule has 2 N–H and O–H groups in total. The molecular formula is C27H32N4O4. The topological polar surface area (TPSA) is 86.9 Å². The first kappa shape index (κ1) is 23.2. The number of ether oxygens (including phenoxy) is 2. The van der Waals surface area contributed by atoms with Crippen LogP contribution in [-0.2, 0) is 21.5 Å². The number of benzene rings is 2. The van der Waals surface area contributed by atoms with Crippen molar-refractivity contribution < 1.29 is 19.1 Å². The number of para-hydroxylation sites is 1. The first-order valence-corrected chi connectivity index (χ1v) is 12.1. The summed E-state index contributed by atoms with van der Waals surface area (Å²) in [5.41, 5.74) is 2.94. The predicted octanol–water partition coefficient (Wildman–Crippen LogP) is 2.68. The number of rotatable bonds is 7. The number of likely N-dealkylation sites (tertiary alicyclic amines) is 1. The Balaban J connectivity index is 1.42. The van der Waals surface area contributed by atoms with Crippen molar-refractivity contribution in [2.75, 3.05) is 46.4 Å². The predicted molar refractivity (Wildman–Crippen MR) is 134 cm³/mol. The lowest BCUT2D eigenvalue weighted by molar-refractivity contribution is -0.139. The van der Waals surface area contributed by atoms with Crippen molar-refractivity contribution in [2.45, 2.75) is 25.3 Å². The van der Waals surface area contributed by atoms with Gasteiger partial charge in [0.05, 0.1) is 19.2 Å². The number of hydrogen-bond donors (Lipinski definition) is 2. The van der Waals surface area contributed by atoms with E-state index in [2.05, 4.69) is 21.3 Å². The Morgan fingerprint density at radius 1 is 1.11 bits per heavy atom. The second-order valence-electron chi connectivity index (χ2n) is 9.31. The molecule has 1 aromatic heterocycles. The van der Waals surface area contributed by atoms with Crippen LogP contribution in [-0.4, -0.2) is 73.0 Å². The van der Waals surface area contributed by atoms with E-state index in [4.69, 9.17) is 9.47 Å². The molecule has 8 nitrogen and oxygen atoms in total. The number of aromatic amines is 1. The van der Waals surface area contributed by atoms with Crippen molar-refractivity contribution in [3.05, 3.63) is 59.8 Å². The molecule has 1 unspecified atom stereocenters. The number of fused-ring (bicyclic) bond motifs is 4. The smallest absolute Gasteiger partial charge is 0.242 e. The minimum absolute atomic E-state index is 0.0115. The number of hydrogen-bond acceptors (Lipinski definition) is 5. The van der Waals surface area contributed by atoms with E-state index < -0.39 is 5.54 Å². The third kappa shape index (κ3) is 4.46. The van der Waals surface area contributed by atoms with Gasteiger partial charge in [-0.2, -0.15) is 0 Å². The van der Waals surface area contributed by atoms with E-state index in [1.165, 1.54) is 12.5 Å². The summed E-state index contributed by atoms with van der Waals surface area (Å²) in [5, 5.41) is 3.84. The average molecular weight is 477 g/mol. The molecule has 2 amide bonds. The Bertz CT molecular complexity index is 1220. The van der Waals surface area contributed by atoms with Gasteiger partial charge >= 0.3 is 0 Å². The van der Waals surface area contributed by atoms with E-state index in [0.717, 1.165) is 54.0 Å². The molecule has 35 heavy (non-hydrogen) atoms. The van der Waals surface area contributed by atoms with Gasteiger partial charge in [-0.3, -0.25) is 14.5 Å². The Morgan fingerprint density at radius 3 is 2.71 bits per heavy atom. The molecule has 5 rings (SSSR count). The van der Waals surface area contributed by atoms with Gasteiger partial charge in [0.15, 0.2) is 0 Å². The average Bonchev–Trinajstić information content (AvgIpc) is 3.46. The van der Waals surface area contributed by atoms with Gasteiger partial charge in [-0.05, 0) is 48.7 Å². The minimum atomic E-state index is -0.470. The van der Waals surface area contributed by atoms with Gasteiger partial charge in [-0.1, -0.05) is 18.2 Å². The maximum atomic E-state index is 13.3. The lowest BCUT2D eigenvalue weighted by atomic mass is 9.83. The van der Waals surface area contributed by atoms with Gasteiger partial charge in [0, 0.05) is 49.7 Å². The summed E-state index contributed by atoms with van der Waals surface area (Å²) in [6.07, 6.45) is 1.58. The molecule has 1 fully saturated rings. The second kappa shape index (κ2) is 9.62. The van der Waals surface area contributed by atoms with Crippen LogP contribution in [0.5, 0.6) is 11.5 Å². The van der Waals surface area contributed by atoms with Crippen molar-refractivity contribution >= 4 is 22.7 Å². The molecule has 8 heteroatoms. The molecule has 1 spiro atoms. The third-order valence-electron chi connectivity index (χ3n) is 7.22. The summed E-state index contributed by atoms with van der Waals surface area (Å²) in [5.74, 6) is 1.43. The van der Waals surface area contributed by atoms with Crippen LogP contribution in [0, 0.1) is 0 Å². The number of aromatic nitrogens is 1. The highest BCUT2D eigenvalue weighted by atomic mass is 16.5. The van der Waals surface area contributed by atoms with Gasteiger partial charge in [0.2, 0.25) is 11.8 Å². The number of carbonyl (C=O) groups is 2. The fourth-order valence-corrected chi connectivity index (χ4v) is 5.54. The number of H-pyrrole nitrogens is 1. The molecule has 0 bridgehead atoms. The van der Waals surface area contributed by atoms with E-state index in [0.29, 0.717) is 19.7 Å². The molecule has 3 heterocycles. The van der Waals surface area contributed by atoms with Crippen molar-refractivity contribution in [1.82, 2.24) is 20.1 Å². The number of carbonyl (C=O) groups excluding carboxylic acids is 2. The van der Waals surface area contributed by atoms with Gasteiger partial charge < -0.3 is 24.7 Å². The summed E-state index contributed by atoms with van der Waals surface area (Å²) < 4.78 is 11.4. The van der Waals surface area contributed by atoms with Gasteiger partial charge in [0.25, 0.3) is 0 Å². The number of amides is 2. The monoisotopic (exact) mass is 476 g/mol. The lowest BCUT2D eigenvalue weighted by Gasteiger charge is -2.45. The standard InChI is InChI=1S/C27H32N4O4/c1-19(32)28-17-25(33)31-12-10-22-23-16-21(34-2)8-9-24(23)29-26(22)27(31)11-13-30(18-27)14-15-35-20-6-4-3-5-7-20/h3-9,16,29H,10-15,17-18H2,1-2H3,(H,28,32). The second-order valence-corrected chi connectivity index (χ2v) is 9.31. The van der Waals surface area contributed by atoms with Crippen molar-refractivity contribution in [3.8, 4) is 11.5 Å². The van der Waals surface area contributed by atoms with Crippen molar-refractivity contribution in [3.63, 3.8) is 0 Å². The summed E-state index contributed by atoms with van der Waals surface area (Å²) in [6, 6.07) is 15.9. The maximum Gasteiger partial charge on any atom is 0.242 e. The summed E-state index contributed by atoms with van der Waals surface area (Å²) in [7, 11) is 1.68. The summed E-state index contributed by atoms with van der Waals surface area (Å²) in [6.45, 7) is 4.99. The normalized spacial score (nSPS) is 19.7. The third-order valence-corrected chi connectivity index (χ3v) is 7.22. The number of nitrogens with one attached hydrogen (secondary N) is 2. The van der Waals surface area contributed by atoms with E-state index in [9.17, 15) is 9.59 Å². The maximum absolute atomic E-state index is 13.3. The molecule has 2 aliphatic heterocycles. The van der Waals surface area contributed by atoms with Crippen LogP contribution in [0.25, 0.3) is 10.9 Å². The van der Waals surface area contributed by atoms with Crippen LogP contribution < -0.4 is 14.8 Å². The Kier molecular flexibility index (Phi) is 6.38. The molecule has 3 aromatic rings. The first-order chi connectivity index (χ1) is 17.0. The van der Waals surface area contributed by atoms with Crippen LogP contribution in [0.1, 0.15) is 24.6 Å². The highest BCUT2D eigenvalue weighted by molar-refractivity contribution is 5.89. The van der Waals surface area contributed by atoms with E-state index in [1.54, 1.807) is 7.11 Å². The molecule has 0 saturated carbocycles. The van der Waals surface area contributed by atoms with Crippen LogP contribution in [0.3, 0.4) is 0 Å². The van der Waals surface area contributed by atoms with E-state index >= 15 is 0 Å². The zero-order valence-corrected chi connectivity index (χ0v) is 20.3. The zero-order valence-electron chi connectivity index (χ0n) is 20.3. The highest BCUT2D eigenvalue weighted by Gasteiger charge is 2.50. The molecule has 0 radical (unpaired) electrons. The highest BCUT2D eigenvalue weighted by Crippen LogP contribution is 2.45. The van der Waals surface area contributed by atoms with E-state index in [1.807, 2.05) is 47.4 Å². The first-order valence-electron chi connectivity index (χ1n) is 12.1. The summed E-state index contributed by atoms with van der Waals surface area (Å²) in [4.78, 5) is 32.8. The number of nitrogens with zero attached hydrogens (tertiary/aromatic N) is 2. The Hall–Kier alpha value is -3.52.